The number of carbonyl (C=O) groups is 4. The molecule has 1 aliphatic heterocycles. The number of ether oxygens (including phenoxy) is 1. The summed E-state index contributed by atoms with van der Waals surface area (Å²) >= 11 is 0. The molecule has 0 fully saturated rings. The first kappa shape index (κ1) is 23.9. The Morgan fingerprint density at radius 3 is 2.27 bits per heavy atom. The minimum Gasteiger partial charge on any atom is -0.447 e. The smallest absolute Gasteiger partial charge is 0.306 e. The minimum absolute atomic E-state index is 0.0396. The average molecular weight is 498 g/mol. The van der Waals surface area contributed by atoms with Gasteiger partial charge in [0.2, 0.25) is 6.10 Å². The lowest BCUT2D eigenvalue weighted by molar-refractivity contribution is -0.154. The van der Waals surface area contributed by atoms with Gasteiger partial charge in [-0.15, -0.1) is 0 Å². The highest BCUT2D eigenvalue weighted by Gasteiger charge is 2.32. The monoisotopic (exact) mass is 497 g/mol. The molecule has 1 atom stereocenters. The number of anilines is 1. The molecule has 1 N–H and O–H groups in total. The van der Waals surface area contributed by atoms with Crippen LogP contribution in [-0.2, 0) is 14.3 Å². The molecule has 186 valence electrons. The van der Waals surface area contributed by atoms with Crippen molar-refractivity contribution in [3.63, 3.8) is 0 Å². The first-order valence-corrected chi connectivity index (χ1v) is 11.8. The van der Waals surface area contributed by atoms with Crippen LogP contribution in [0.15, 0.2) is 77.3 Å². The van der Waals surface area contributed by atoms with Crippen LogP contribution in [-0.4, -0.2) is 40.3 Å². The van der Waals surface area contributed by atoms with Crippen LogP contribution in [0.5, 0.6) is 0 Å². The first-order valence-electron chi connectivity index (χ1n) is 11.8. The Morgan fingerprint density at radius 1 is 0.973 bits per heavy atom. The van der Waals surface area contributed by atoms with Crippen LogP contribution in [0.3, 0.4) is 0 Å². The van der Waals surface area contributed by atoms with Crippen LogP contribution in [0, 0.1) is 6.92 Å². The summed E-state index contributed by atoms with van der Waals surface area (Å²) in [4.78, 5) is 52.9. The molecule has 0 bridgehead atoms. The van der Waals surface area contributed by atoms with Gasteiger partial charge in [0.25, 0.3) is 17.7 Å². The number of nitrogens with zero attached hydrogens (tertiary/aromatic N) is 2. The van der Waals surface area contributed by atoms with E-state index in [9.17, 15) is 19.2 Å². The Labute approximate surface area is 212 Å². The number of rotatable bonds is 8. The van der Waals surface area contributed by atoms with Gasteiger partial charge in [-0.3, -0.25) is 24.1 Å². The second-order valence-electron chi connectivity index (χ2n) is 8.67. The van der Waals surface area contributed by atoms with Gasteiger partial charge < -0.3 is 14.6 Å². The fraction of sp³-hybridized carbons (Fsp3) is 0.179. The van der Waals surface area contributed by atoms with Gasteiger partial charge in [-0.25, -0.2) is 0 Å². The predicted molar refractivity (Wildman–Crippen MR) is 134 cm³/mol. The standard InChI is InChI=1S/C28H23N3O6/c1-17-16-22(30-37-17)29-26(33)25(19-8-3-2-4-9-19)36-23(32)14-7-15-31-27(34)20-12-5-10-18-11-6-13-21(24(18)20)28(31)35/h2-6,8-13,16,25H,7,14-15H2,1H3,(H,29,30,33). The number of benzene rings is 3. The van der Waals surface area contributed by atoms with E-state index in [2.05, 4.69) is 10.5 Å². The summed E-state index contributed by atoms with van der Waals surface area (Å²) in [5.41, 5.74) is 1.40. The molecule has 0 spiro atoms. The van der Waals surface area contributed by atoms with E-state index in [1.807, 2.05) is 12.1 Å². The maximum Gasteiger partial charge on any atom is 0.306 e. The number of hydrogen-bond donors (Lipinski definition) is 1. The summed E-state index contributed by atoms with van der Waals surface area (Å²) in [6.45, 7) is 1.73. The summed E-state index contributed by atoms with van der Waals surface area (Å²) in [6.07, 6.45) is -1.13. The zero-order valence-electron chi connectivity index (χ0n) is 20.0. The maximum atomic E-state index is 13.0. The van der Waals surface area contributed by atoms with Gasteiger partial charge >= 0.3 is 5.97 Å². The summed E-state index contributed by atoms with van der Waals surface area (Å²) in [7, 11) is 0. The van der Waals surface area contributed by atoms with Gasteiger partial charge in [0.05, 0.1) is 0 Å². The lowest BCUT2D eigenvalue weighted by Crippen LogP contribution is -2.41. The van der Waals surface area contributed by atoms with E-state index < -0.39 is 29.8 Å². The van der Waals surface area contributed by atoms with Crippen molar-refractivity contribution in [2.75, 3.05) is 11.9 Å². The molecule has 9 nitrogen and oxygen atoms in total. The lowest BCUT2D eigenvalue weighted by atomic mass is 9.94. The third kappa shape index (κ3) is 4.84. The van der Waals surface area contributed by atoms with Crippen molar-refractivity contribution in [2.24, 2.45) is 0 Å². The maximum absolute atomic E-state index is 13.0. The molecular weight excluding hydrogens is 474 g/mol. The van der Waals surface area contributed by atoms with Gasteiger partial charge in [0, 0.05) is 41.1 Å². The third-order valence-electron chi connectivity index (χ3n) is 6.09. The highest BCUT2D eigenvalue weighted by atomic mass is 16.5. The number of hydrogen-bond acceptors (Lipinski definition) is 7. The van der Waals surface area contributed by atoms with Crippen molar-refractivity contribution < 1.29 is 28.4 Å². The average Bonchev–Trinajstić information content (AvgIpc) is 3.32. The third-order valence-corrected chi connectivity index (χ3v) is 6.09. The van der Waals surface area contributed by atoms with Crippen LogP contribution < -0.4 is 5.32 Å². The number of esters is 1. The van der Waals surface area contributed by atoms with Crippen molar-refractivity contribution in [2.45, 2.75) is 25.9 Å². The zero-order chi connectivity index (χ0) is 25.9. The molecule has 3 amide bonds. The highest BCUT2D eigenvalue weighted by Crippen LogP contribution is 2.30. The molecule has 4 aromatic rings. The Balaban J connectivity index is 1.24. The molecule has 9 heteroatoms. The van der Waals surface area contributed by atoms with E-state index in [0.29, 0.717) is 27.8 Å². The molecule has 1 unspecified atom stereocenters. The van der Waals surface area contributed by atoms with Crippen molar-refractivity contribution in [3.05, 3.63) is 95.2 Å². The minimum atomic E-state index is -1.21. The van der Waals surface area contributed by atoms with E-state index in [4.69, 9.17) is 9.26 Å². The zero-order valence-corrected chi connectivity index (χ0v) is 20.0. The van der Waals surface area contributed by atoms with Crippen LogP contribution >= 0.6 is 0 Å². The van der Waals surface area contributed by atoms with Crippen molar-refractivity contribution in [1.82, 2.24) is 10.1 Å². The van der Waals surface area contributed by atoms with Gasteiger partial charge in [-0.2, -0.15) is 0 Å². The van der Waals surface area contributed by atoms with E-state index in [0.717, 1.165) is 10.3 Å². The van der Waals surface area contributed by atoms with E-state index in [1.54, 1.807) is 67.6 Å². The van der Waals surface area contributed by atoms with Crippen LogP contribution in [0.25, 0.3) is 10.8 Å². The summed E-state index contributed by atoms with van der Waals surface area (Å²) in [6, 6.07) is 20.8. The number of carbonyl (C=O) groups excluding carboxylic acids is 4. The summed E-state index contributed by atoms with van der Waals surface area (Å²) in [5, 5.41) is 7.80. The highest BCUT2D eigenvalue weighted by molar-refractivity contribution is 6.25. The van der Waals surface area contributed by atoms with Crippen LogP contribution in [0.4, 0.5) is 5.82 Å². The molecule has 1 aliphatic rings. The molecule has 2 heterocycles. The van der Waals surface area contributed by atoms with Crippen molar-refractivity contribution >= 4 is 40.3 Å². The number of nitrogens with one attached hydrogen (secondary N) is 1. The molecule has 37 heavy (non-hydrogen) atoms. The first-order chi connectivity index (χ1) is 17.9. The SMILES string of the molecule is Cc1cc(NC(=O)C(OC(=O)CCCN2C(=O)c3cccc4cccc(c34)C2=O)c2ccccc2)no1. The Bertz CT molecular complexity index is 1460. The van der Waals surface area contributed by atoms with Gasteiger partial charge in [-0.05, 0) is 30.9 Å². The molecule has 1 aromatic heterocycles. The second kappa shape index (κ2) is 10.1. The molecule has 0 radical (unpaired) electrons. The number of amides is 3. The Hall–Kier alpha value is -4.79. The van der Waals surface area contributed by atoms with Crippen LogP contribution in [0.1, 0.15) is 51.0 Å². The van der Waals surface area contributed by atoms with Gasteiger partial charge in [0.1, 0.15) is 5.76 Å². The van der Waals surface area contributed by atoms with E-state index in [1.165, 1.54) is 0 Å². The number of aromatic nitrogens is 1. The Morgan fingerprint density at radius 2 is 1.65 bits per heavy atom. The number of imide groups is 1. The Kier molecular flexibility index (Phi) is 6.51. The lowest BCUT2D eigenvalue weighted by Gasteiger charge is -2.27. The second-order valence-corrected chi connectivity index (χ2v) is 8.67. The fourth-order valence-electron chi connectivity index (χ4n) is 4.37. The molecule has 0 saturated carbocycles. The molecular formula is C28H23N3O6. The predicted octanol–water partition coefficient (Wildman–Crippen LogP) is 4.44. The summed E-state index contributed by atoms with van der Waals surface area (Å²) < 4.78 is 10.5. The molecule has 5 rings (SSSR count). The van der Waals surface area contributed by atoms with Crippen molar-refractivity contribution in [1.29, 1.82) is 0 Å². The van der Waals surface area contributed by atoms with E-state index in [-0.39, 0.29) is 25.2 Å². The van der Waals surface area contributed by atoms with Crippen molar-refractivity contribution in [3.8, 4) is 0 Å². The van der Waals surface area contributed by atoms with E-state index >= 15 is 0 Å². The van der Waals surface area contributed by atoms with Gasteiger partial charge in [0.15, 0.2) is 5.82 Å². The summed E-state index contributed by atoms with van der Waals surface area (Å²) in [5.74, 6) is -1.29. The molecule has 3 aromatic carbocycles. The topological polar surface area (TPSA) is 119 Å². The van der Waals surface area contributed by atoms with Crippen LogP contribution in [0.2, 0.25) is 0 Å². The molecule has 0 saturated heterocycles. The quantitative estimate of drug-likeness (QED) is 0.282. The number of aryl methyl sites for hydroxylation is 1. The normalized spacial score (nSPS) is 13.5. The molecule has 0 aliphatic carbocycles. The fourth-order valence-corrected chi connectivity index (χ4v) is 4.37. The van der Waals surface area contributed by atoms with Gasteiger partial charge in [-0.1, -0.05) is 59.8 Å². The largest absolute Gasteiger partial charge is 0.447 e.